The Balaban J connectivity index is 2.24. The molecule has 0 saturated carbocycles. The molecule has 1 aromatic heterocycles. The number of fused-ring (bicyclic) bond motifs is 3. The van der Waals surface area contributed by atoms with Crippen LogP contribution in [0, 0.1) is 4.91 Å². The molecule has 0 unspecified atom stereocenters. The molecule has 1 aliphatic heterocycles. The molecule has 6 nitrogen and oxygen atoms in total. The standard InChI is InChI=1S/C11H11N3O3/c1-17-14-4-6-2-3-7-9(8(6)5-14)12-11(15)10(7)13-16/h2-3,12,15H,4-5H2,1H3. The number of aromatic nitrogens is 1. The number of rotatable bonds is 2. The van der Waals surface area contributed by atoms with E-state index in [4.69, 9.17) is 4.84 Å². The van der Waals surface area contributed by atoms with Crippen molar-refractivity contribution in [2.75, 3.05) is 7.11 Å². The molecule has 0 radical (unpaired) electrons. The fourth-order valence-electron chi connectivity index (χ4n) is 2.31. The smallest absolute Gasteiger partial charge is 0.219 e. The number of aromatic hydroxyl groups is 1. The first kappa shape index (κ1) is 10.2. The van der Waals surface area contributed by atoms with Gasteiger partial charge in [-0.05, 0) is 16.3 Å². The Kier molecular flexibility index (Phi) is 2.13. The van der Waals surface area contributed by atoms with Crippen molar-refractivity contribution in [3.05, 3.63) is 28.2 Å². The van der Waals surface area contributed by atoms with Gasteiger partial charge in [0, 0.05) is 11.9 Å². The molecule has 0 amide bonds. The first-order chi connectivity index (χ1) is 8.24. The van der Waals surface area contributed by atoms with Crippen LogP contribution in [0.1, 0.15) is 11.1 Å². The highest BCUT2D eigenvalue weighted by molar-refractivity contribution is 5.96. The van der Waals surface area contributed by atoms with Crippen molar-refractivity contribution in [3.63, 3.8) is 0 Å². The first-order valence-electron chi connectivity index (χ1n) is 5.22. The molecule has 0 spiro atoms. The van der Waals surface area contributed by atoms with Crippen molar-refractivity contribution in [2.24, 2.45) is 5.18 Å². The highest BCUT2D eigenvalue weighted by Gasteiger charge is 2.24. The number of hydroxylamine groups is 2. The molecular formula is C11H11N3O3. The molecule has 0 atom stereocenters. The van der Waals surface area contributed by atoms with Gasteiger partial charge in [-0.1, -0.05) is 12.1 Å². The number of aromatic amines is 1. The highest BCUT2D eigenvalue weighted by atomic mass is 16.7. The van der Waals surface area contributed by atoms with Crippen molar-refractivity contribution in [1.82, 2.24) is 10.0 Å². The molecule has 0 bridgehead atoms. The molecule has 1 aromatic carbocycles. The maximum atomic E-state index is 10.7. The Morgan fingerprint density at radius 3 is 3.00 bits per heavy atom. The molecule has 2 heterocycles. The summed E-state index contributed by atoms with van der Waals surface area (Å²) in [4.78, 5) is 18.6. The van der Waals surface area contributed by atoms with Crippen LogP contribution in [0.15, 0.2) is 17.3 Å². The van der Waals surface area contributed by atoms with E-state index in [0.29, 0.717) is 18.5 Å². The topological polar surface area (TPSA) is 77.9 Å². The van der Waals surface area contributed by atoms with Crippen molar-refractivity contribution < 1.29 is 9.94 Å². The second-order valence-electron chi connectivity index (χ2n) is 4.02. The lowest BCUT2D eigenvalue weighted by Crippen LogP contribution is -2.13. The molecule has 2 N–H and O–H groups in total. The average molecular weight is 233 g/mol. The van der Waals surface area contributed by atoms with Gasteiger partial charge in [-0.2, -0.15) is 5.06 Å². The van der Waals surface area contributed by atoms with Gasteiger partial charge in [0.1, 0.15) is 0 Å². The summed E-state index contributed by atoms with van der Waals surface area (Å²) >= 11 is 0. The average Bonchev–Trinajstić information content (AvgIpc) is 2.87. The van der Waals surface area contributed by atoms with Crippen LogP contribution < -0.4 is 0 Å². The number of H-pyrrole nitrogens is 1. The Hall–Kier alpha value is -1.92. The van der Waals surface area contributed by atoms with E-state index in [1.165, 1.54) is 0 Å². The Labute approximate surface area is 96.7 Å². The van der Waals surface area contributed by atoms with E-state index in [1.54, 1.807) is 18.2 Å². The van der Waals surface area contributed by atoms with Crippen LogP contribution in [0.25, 0.3) is 10.9 Å². The van der Waals surface area contributed by atoms with Crippen LogP contribution in [-0.2, 0) is 17.9 Å². The maximum absolute atomic E-state index is 10.7. The van der Waals surface area contributed by atoms with E-state index in [9.17, 15) is 10.0 Å². The van der Waals surface area contributed by atoms with Crippen LogP contribution in [0.4, 0.5) is 5.69 Å². The van der Waals surface area contributed by atoms with E-state index in [-0.39, 0.29) is 11.6 Å². The minimum absolute atomic E-state index is 0.0682. The largest absolute Gasteiger partial charge is 0.493 e. The molecule has 2 aromatic rings. The van der Waals surface area contributed by atoms with Crippen molar-refractivity contribution in [1.29, 1.82) is 0 Å². The van der Waals surface area contributed by atoms with Gasteiger partial charge in [0.15, 0.2) is 5.69 Å². The van der Waals surface area contributed by atoms with E-state index in [2.05, 4.69) is 10.2 Å². The SMILES string of the molecule is CON1Cc2ccc3c(N=O)c(O)[nH]c3c2C1. The Morgan fingerprint density at radius 2 is 2.29 bits per heavy atom. The van der Waals surface area contributed by atoms with Crippen molar-refractivity contribution in [2.45, 2.75) is 13.1 Å². The lowest BCUT2D eigenvalue weighted by Gasteiger charge is -2.09. The number of nitroso groups, excluding NO2 is 1. The third-order valence-corrected chi connectivity index (χ3v) is 3.16. The van der Waals surface area contributed by atoms with E-state index >= 15 is 0 Å². The van der Waals surface area contributed by atoms with Crippen molar-refractivity contribution >= 4 is 16.6 Å². The minimum Gasteiger partial charge on any atom is -0.493 e. The fourth-order valence-corrected chi connectivity index (χ4v) is 2.31. The second-order valence-corrected chi connectivity index (χ2v) is 4.02. The monoisotopic (exact) mass is 233 g/mol. The highest BCUT2D eigenvalue weighted by Crippen LogP contribution is 2.39. The zero-order chi connectivity index (χ0) is 12.0. The third kappa shape index (κ3) is 1.35. The van der Waals surface area contributed by atoms with Gasteiger partial charge in [0.25, 0.3) is 0 Å². The zero-order valence-electron chi connectivity index (χ0n) is 9.23. The maximum Gasteiger partial charge on any atom is 0.219 e. The lowest BCUT2D eigenvalue weighted by atomic mass is 10.1. The van der Waals surface area contributed by atoms with Gasteiger partial charge in [0.2, 0.25) is 5.88 Å². The summed E-state index contributed by atoms with van der Waals surface area (Å²) in [7, 11) is 1.62. The summed E-state index contributed by atoms with van der Waals surface area (Å²) < 4.78 is 0. The molecule has 0 aliphatic carbocycles. The molecule has 0 saturated heterocycles. The fraction of sp³-hybridized carbons (Fsp3) is 0.273. The molecule has 1 aliphatic rings. The van der Waals surface area contributed by atoms with Gasteiger partial charge in [-0.25, -0.2) is 0 Å². The lowest BCUT2D eigenvalue weighted by molar-refractivity contribution is -0.137. The number of hydrogen-bond acceptors (Lipinski definition) is 5. The molecule has 17 heavy (non-hydrogen) atoms. The molecular weight excluding hydrogens is 222 g/mol. The van der Waals surface area contributed by atoms with Crippen LogP contribution in [0.5, 0.6) is 5.88 Å². The summed E-state index contributed by atoms with van der Waals surface area (Å²) in [5.41, 5.74) is 2.99. The number of benzene rings is 1. The molecule has 3 rings (SSSR count). The van der Waals surface area contributed by atoms with E-state index in [1.807, 2.05) is 6.07 Å². The van der Waals surface area contributed by atoms with Crippen LogP contribution in [0.3, 0.4) is 0 Å². The summed E-state index contributed by atoms with van der Waals surface area (Å²) in [5.74, 6) is -0.181. The summed E-state index contributed by atoms with van der Waals surface area (Å²) in [6, 6.07) is 3.72. The summed E-state index contributed by atoms with van der Waals surface area (Å²) in [6.45, 7) is 1.33. The minimum atomic E-state index is -0.181. The van der Waals surface area contributed by atoms with E-state index in [0.717, 1.165) is 16.6 Å². The quantitative estimate of drug-likeness (QED) is 0.779. The van der Waals surface area contributed by atoms with Gasteiger partial charge >= 0.3 is 0 Å². The van der Waals surface area contributed by atoms with Crippen LogP contribution >= 0.6 is 0 Å². The second kappa shape index (κ2) is 3.54. The normalized spacial score (nSPS) is 15.4. The predicted octanol–water partition coefficient (Wildman–Crippen LogP) is 2.15. The zero-order valence-corrected chi connectivity index (χ0v) is 9.23. The first-order valence-corrected chi connectivity index (χ1v) is 5.22. The van der Waals surface area contributed by atoms with Gasteiger partial charge in [-0.15, -0.1) is 4.91 Å². The number of nitrogens with one attached hydrogen (secondary N) is 1. The molecule has 6 heteroatoms. The molecule has 88 valence electrons. The summed E-state index contributed by atoms with van der Waals surface area (Å²) in [6.07, 6.45) is 0. The van der Waals surface area contributed by atoms with Gasteiger partial charge in [0.05, 0.1) is 19.2 Å². The third-order valence-electron chi connectivity index (χ3n) is 3.16. The predicted molar refractivity (Wildman–Crippen MR) is 61.7 cm³/mol. The van der Waals surface area contributed by atoms with Crippen LogP contribution in [0.2, 0.25) is 0 Å². The van der Waals surface area contributed by atoms with Gasteiger partial charge in [-0.3, -0.25) is 0 Å². The summed E-state index contributed by atoms with van der Waals surface area (Å²) in [5, 5.41) is 14.9. The van der Waals surface area contributed by atoms with Gasteiger partial charge < -0.3 is 14.9 Å². The number of nitrogens with zero attached hydrogens (tertiary/aromatic N) is 2. The molecule has 0 fully saturated rings. The van der Waals surface area contributed by atoms with Crippen molar-refractivity contribution in [3.8, 4) is 5.88 Å². The number of hydrogen-bond donors (Lipinski definition) is 2. The Morgan fingerprint density at radius 1 is 1.47 bits per heavy atom. The van der Waals surface area contributed by atoms with Crippen LogP contribution in [-0.4, -0.2) is 22.3 Å². The Bertz CT molecular complexity index is 606. The van der Waals surface area contributed by atoms with E-state index < -0.39 is 0 Å².